The molecule has 0 radical (unpaired) electrons. The summed E-state index contributed by atoms with van der Waals surface area (Å²) in [5, 5.41) is 11.6. The molecule has 1 amide bonds. The van der Waals surface area contributed by atoms with Crippen molar-refractivity contribution in [3.63, 3.8) is 0 Å². The lowest BCUT2D eigenvalue weighted by molar-refractivity contribution is -0.144. The molecule has 9 nitrogen and oxygen atoms in total. The van der Waals surface area contributed by atoms with Gasteiger partial charge in [-0.05, 0) is 35.1 Å². The highest BCUT2D eigenvalue weighted by molar-refractivity contribution is 8.01. The Balaban J connectivity index is 1.15. The Morgan fingerprint density at radius 3 is 2.44 bits per heavy atom. The van der Waals surface area contributed by atoms with Crippen molar-refractivity contribution in [2.75, 3.05) is 25.4 Å². The molecule has 0 aromatic heterocycles. The fourth-order valence-corrected chi connectivity index (χ4v) is 5.48. The number of nitrogens with zero attached hydrogens (tertiary/aromatic N) is 2. The summed E-state index contributed by atoms with van der Waals surface area (Å²) in [4.78, 5) is 24.6. The summed E-state index contributed by atoms with van der Waals surface area (Å²) < 4.78 is 10.8. The standard InChI is InChI=1S/C26H31N5O4S/c27-17-26(30-13-14-36-26)35-25(33)31(29)15-18(28)7-1-6-12-24(32)34-16-23-21-10-4-2-8-19(21)20-9-3-5-11-22(20)23/h2-5,8-11,18,23,30H,1,6-7,12-16,28-29H2/t18?,26-/m0/s1. The zero-order valence-corrected chi connectivity index (χ0v) is 20.8. The van der Waals surface area contributed by atoms with Crippen molar-refractivity contribution in [1.29, 1.82) is 5.26 Å². The molecule has 0 spiro atoms. The first-order chi connectivity index (χ1) is 17.4. The Kier molecular flexibility index (Phi) is 8.48. The second-order valence-corrected chi connectivity index (χ2v) is 10.2. The van der Waals surface area contributed by atoms with Crippen molar-refractivity contribution in [3.8, 4) is 17.2 Å². The third kappa shape index (κ3) is 5.99. The maximum absolute atomic E-state index is 12.4. The molecular formula is C26H31N5O4S. The molecule has 2 aromatic rings. The van der Waals surface area contributed by atoms with E-state index in [4.69, 9.17) is 21.1 Å². The van der Waals surface area contributed by atoms with Crippen molar-refractivity contribution in [2.24, 2.45) is 11.6 Å². The van der Waals surface area contributed by atoms with Crippen molar-refractivity contribution >= 4 is 23.8 Å². The Hall–Kier alpha value is -3.10. The molecular weight excluding hydrogens is 478 g/mol. The third-order valence-electron chi connectivity index (χ3n) is 6.39. The topological polar surface area (TPSA) is 144 Å². The Bertz CT molecular complexity index is 1090. The molecule has 4 rings (SSSR count). The van der Waals surface area contributed by atoms with E-state index in [2.05, 4.69) is 29.6 Å². The summed E-state index contributed by atoms with van der Waals surface area (Å²) in [6.45, 7) is 0.961. The first-order valence-electron chi connectivity index (χ1n) is 12.1. The van der Waals surface area contributed by atoms with E-state index in [-0.39, 0.29) is 24.5 Å². The van der Waals surface area contributed by atoms with Crippen LogP contribution in [0.2, 0.25) is 0 Å². The van der Waals surface area contributed by atoms with E-state index in [1.54, 1.807) is 0 Å². The second kappa shape index (κ2) is 11.8. The molecule has 190 valence electrons. The van der Waals surface area contributed by atoms with Gasteiger partial charge < -0.3 is 15.2 Å². The van der Waals surface area contributed by atoms with Gasteiger partial charge in [-0.2, -0.15) is 5.26 Å². The molecule has 1 fully saturated rings. The van der Waals surface area contributed by atoms with Crippen LogP contribution >= 0.6 is 11.8 Å². The molecule has 2 atom stereocenters. The van der Waals surface area contributed by atoms with E-state index in [9.17, 15) is 14.9 Å². The molecule has 1 unspecified atom stereocenters. The fourth-order valence-electron chi connectivity index (χ4n) is 4.59. The van der Waals surface area contributed by atoms with Crippen LogP contribution < -0.4 is 16.9 Å². The van der Waals surface area contributed by atoms with Gasteiger partial charge >= 0.3 is 17.1 Å². The number of esters is 1. The highest BCUT2D eigenvalue weighted by Crippen LogP contribution is 2.44. The SMILES string of the molecule is N#C[C@@]1(OC(=O)N(N)CC(N)CCCCC(=O)OCC2c3ccccc3-c3ccccc32)NCCS1. The van der Waals surface area contributed by atoms with Crippen molar-refractivity contribution < 1.29 is 19.1 Å². The van der Waals surface area contributed by atoms with Crippen LogP contribution in [-0.2, 0) is 14.3 Å². The van der Waals surface area contributed by atoms with Gasteiger partial charge in [0, 0.05) is 30.7 Å². The quantitative estimate of drug-likeness (QED) is 0.145. The van der Waals surface area contributed by atoms with Crippen LogP contribution in [0, 0.1) is 11.3 Å². The van der Waals surface area contributed by atoms with Crippen LogP contribution in [0.25, 0.3) is 11.1 Å². The average molecular weight is 510 g/mol. The molecule has 0 saturated carbocycles. The van der Waals surface area contributed by atoms with Crippen LogP contribution in [0.1, 0.15) is 42.7 Å². The van der Waals surface area contributed by atoms with E-state index in [0.717, 1.165) is 5.01 Å². The minimum Gasteiger partial charge on any atom is -0.465 e. The van der Waals surface area contributed by atoms with E-state index >= 15 is 0 Å². The maximum atomic E-state index is 12.4. The average Bonchev–Trinajstić information content (AvgIpc) is 3.48. The predicted molar refractivity (Wildman–Crippen MR) is 137 cm³/mol. The van der Waals surface area contributed by atoms with Gasteiger partial charge in [-0.25, -0.2) is 15.6 Å². The largest absolute Gasteiger partial charge is 0.465 e. The van der Waals surface area contributed by atoms with Gasteiger partial charge in [0.1, 0.15) is 12.7 Å². The molecule has 1 saturated heterocycles. The fraction of sp³-hybridized carbons (Fsp3) is 0.423. The number of nitrogens with two attached hydrogens (primary N) is 2. The van der Waals surface area contributed by atoms with Crippen LogP contribution in [0.3, 0.4) is 0 Å². The smallest absolute Gasteiger partial charge is 0.427 e. The normalized spacial score (nSPS) is 19.1. The number of carbonyl (C=O) groups excluding carboxylic acids is 2. The lowest BCUT2D eigenvalue weighted by atomic mass is 9.98. The molecule has 2 aromatic carbocycles. The molecule has 0 bridgehead atoms. The van der Waals surface area contributed by atoms with Crippen LogP contribution in [0.5, 0.6) is 0 Å². The van der Waals surface area contributed by atoms with E-state index < -0.39 is 11.2 Å². The first-order valence-corrected chi connectivity index (χ1v) is 13.1. The molecule has 5 N–H and O–H groups in total. The predicted octanol–water partition coefficient (Wildman–Crippen LogP) is 3.06. The lowest BCUT2D eigenvalue weighted by Crippen LogP contribution is -2.50. The first kappa shape index (κ1) is 26.0. The zero-order valence-electron chi connectivity index (χ0n) is 20.0. The number of ether oxygens (including phenoxy) is 2. The Morgan fingerprint density at radius 2 is 1.83 bits per heavy atom. The van der Waals surface area contributed by atoms with Gasteiger partial charge in [0.25, 0.3) is 0 Å². The Morgan fingerprint density at radius 1 is 1.17 bits per heavy atom. The number of hydrazine groups is 1. The number of benzene rings is 2. The minimum atomic E-state index is -1.40. The lowest BCUT2D eigenvalue weighted by Gasteiger charge is -2.25. The summed E-state index contributed by atoms with van der Waals surface area (Å²) >= 11 is 1.21. The number of thioether (sulfide) groups is 1. The van der Waals surface area contributed by atoms with Gasteiger partial charge in [-0.1, -0.05) is 66.7 Å². The van der Waals surface area contributed by atoms with E-state index in [1.165, 1.54) is 34.0 Å². The monoisotopic (exact) mass is 509 g/mol. The maximum Gasteiger partial charge on any atom is 0.427 e. The number of amides is 1. The number of carbonyl (C=O) groups is 2. The number of nitriles is 1. The van der Waals surface area contributed by atoms with Gasteiger partial charge in [0.2, 0.25) is 0 Å². The number of hydrogen-bond acceptors (Lipinski definition) is 9. The van der Waals surface area contributed by atoms with E-state index in [0.29, 0.717) is 44.6 Å². The Labute approximate surface area is 215 Å². The molecule has 1 aliphatic heterocycles. The van der Waals surface area contributed by atoms with Gasteiger partial charge in [-0.3, -0.25) is 10.1 Å². The number of fused-ring (bicyclic) bond motifs is 3. The minimum absolute atomic E-state index is 0.0445. The molecule has 36 heavy (non-hydrogen) atoms. The van der Waals surface area contributed by atoms with Gasteiger partial charge in [0.15, 0.2) is 0 Å². The zero-order chi connectivity index (χ0) is 25.5. The number of rotatable bonds is 10. The number of unbranched alkanes of at least 4 members (excludes halogenated alkanes) is 1. The van der Waals surface area contributed by atoms with Crippen molar-refractivity contribution in [3.05, 3.63) is 59.7 Å². The summed E-state index contributed by atoms with van der Waals surface area (Å²) in [7, 11) is 0. The third-order valence-corrected chi connectivity index (χ3v) is 7.52. The number of nitrogens with one attached hydrogen (secondary N) is 1. The van der Waals surface area contributed by atoms with Crippen LogP contribution in [0.4, 0.5) is 4.79 Å². The van der Waals surface area contributed by atoms with Gasteiger partial charge in [-0.15, -0.1) is 0 Å². The summed E-state index contributed by atoms with van der Waals surface area (Å²) in [5.41, 5.74) is 10.9. The van der Waals surface area contributed by atoms with Crippen LogP contribution in [-0.4, -0.2) is 53.6 Å². The van der Waals surface area contributed by atoms with E-state index in [1.807, 2.05) is 30.3 Å². The van der Waals surface area contributed by atoms with Crippen molar-refractivity contribution in [1.82, 2.24) is 10.3 Å². The molecule has 2 aliphatic rings. The molecule has 1 aliphatic carbocycles. The number of hydrogen-bond donors (Lipinski definition) is 3. The second-order valence-electron chi connectivity index (χ2n) is 8.94. The summed E-state index contributed by atoms with van der Waals surface area (Å²) in [5.74, 6) is 6.26. The van der Waals surface area contributed by atoms with Gasteiger partial charge in [0.05, 0.1) is 6.54 Å². The van der Waals surface area contributed by atoms with Crippen LogP contribution in [0.15, 0.2) is 48.5 Å². The van der Waals surface area contributed by atoms with Crippen molar-refractivity contribution in [2.45, 2.75) is 42.7 Å². The highest BCUT2D eigenvalue weighted by atomic mass is 32.2. The molecule has 10 heteroatoms. The molecule has 1 heterocycles. The summed E-state index contributed by atoms with van der Waals surface area (Å²) in [6.07, 6.45) is 1.37. The highest BCUT2D eigenvalue weighted by Gasteiger charge is 2.40. The summed E-state index contributed by atoms with van der Waals surface area (Å²) in [6, 6.07) is 18.0.